The van der Waals surface area contributed by atoms with Crippen molar-refractivity contribution in [2.45, 2.75) is 25.7 Å². The Kier molecular flexibility index (Phi) is 8.57. The standard InChI is InChI=1S/C15H21N3O6S/c19-13(15(21)22)8-4-5-9-14(20)16-10-11-25(23,24)18-17-12-6-2-1-3-7-12/h1-3,6-7,17-18H,4-5,8-11H2,(H,16,20)(H,21,22). The van der Waals surface area contributed by atoms with Crippen molar-refractivity contribution in [1.29, 1.82) is 0 Å². The van der Waals surface area contributed by atoms with Gasteiger partial charge >= 0.3 is 5.97 Å². The third-order valence-electron chi connectivity index (χ3n) is 3.11. The van der Waals surface area contributed by atoms with E-state index in [0.717, 1.165) is 0 Å². The summed E-state index contributed by atoms with van der Waals surface area (Å²) in [5.41, 5.74) is 3.14. The number of sulfonamides is 1. The number of para-hydroxylation sites is 1. The number of benzene rings is 1. The SMILES string of the molecule is O=C(CCCCC(=O)C(=O)O)NCCS(=O)(=O)NNc1ccccc1. The van der Waals surface area contributed by atoms with Gasteiger partial charge in [0.05, 0.1) is 5.75 Å². The molecule has 0 saturated heterocycles. The Labute approximate surface area is 145 Å². The lowest BCUT2D eigenvalue weighted by Crippen LogP contribution is -2.36. The normalized spacial score (nSPS) is 10.9. The van der Waals surface area contributed by atoms with Crippen LogP contribution in [0, 0.1) is 0 Å². The summed E-state index contributed by atoms with van der Waals surface area (Å²) in [5, 5.41) is 10.9. The lowest BCUT2D eigenvalue weighted by atomic mass is 10.1. The number of amides is 1. The quantitative estimate of drug-likeness (QED) is 0.235. The number of rotatable bonds is 12. The molecule has 0 fully saturated rings. The average molecular weight is 371 g/mol. The number of carbonyl (C=O) groups is 3. The van der Waals surface area contributed by atoms with Gasteiger partial charge in [0.2, 0.25) is 21.7 Å². The molecule has 0 bridgehead atoms. The Hall–Kier alpha value is -2.46. The second kappa shape index (κ2) is 10.4. The molecule has 10 heteroatoms. The van der Waals surface area contributed by atoms with Gasteiger partial charge in [-0.25, -0.2) is 13.2 Å². The van der Waals surface area contributed by atoms with E-state index in [4.69, 9.17) is 5.11 Å². The molecule has 0 radical (unpaired) electrons. The molecule has 1 aromatic rings. The molecule has 0 aromatic heterocycles. The predicted octanol–water partition coefficient (Wildman–Crippen LogP) is 0.263. The first-order valence-electron chi connectivity index (χ1n) is 7.63. The zero-order valence-corrected chi connectivity index (χ0v) is 14.3. The highest BCUT2D eigenvalue weighted by Gasteiger charge is 2.12. The number of anilines is 1. The van der Waals surface area contributed by atoms with Crippen molar-refractivity contribution in [3.63, 3.8) is 0 Å². The highest BCUT2D eigenvalue weighted by molar-refractivity contribution is 7.89. The molecule has 4 N–H and O–H groups in total. The Balaban J connectivity index is 2.17. The number of Topliss-reactive ketones (excluding diaryl/α,β-unsaturated/α-hetero) is 1. The van der Waals surface area contributed by atoms with Crippen LogP contribution >= 0.6 is 0 Å². The Morgan fingerprint density at radius 3 is 2.28 bits per heavy atom. The Morgan fingerprint density at radius 1 is 1.00 bits per heavy atom. The van der Waals surface area contributed by atoms with Crippen LogP contribution in [-0.2, 0) is 24.4 Å². The van der Waals surface area contributed by atoms with Crippen LogP contribution in [0.3, 0.4) is 0 Å². The maximum atomic E-state index is 11.8. The second-order valence-electron chi connectivity index (χ2n) is 5.20. The van der Waals surface area contributed by atoms with Crippen LogP contribution in [0.2, 0.25) is 0 Å². The van der Waals surface area contributed by atoms with Crippen molar-refractivity contribution >= 4 is 33.4 Å². The highest BCUT2D eigenvalue weighted by Crippen LogP contribution is 2.03. The summed E-state index contributed by atoms with van der Waals surface area (Å²) in [6.45, 7) is -0.0569. The zero-order valence-electron chi connectivity index (χ0n) is 13.5. The molecule has 25 heavy (non-hydrogen) atoms. The molecule has 1 amide bonds. The van der Waals surface area contributed by atoms with Crippen LogP contribution in [0.15, 0.2) is 30.3 Å². The molecule has 0 aliphatic heterocycles. The van der Waals surface area contributed by atoms with E-state index in [1.807, 2.05) is 0 Å². The van der Waals surface area contributed by atoms with Crippen molar-refractivity contribution in [1.82, 2.24) is 10.1 Å². The van der Waals surface area contributed by atoms with Gasteiger partial charge in [0.25, 0.3) is 0 Å². The van der Waals surface area contributed by atoms with Crippen LogP contribution in [0.25, 0.3) is 0 Å². The molecule has 0 aliphatic rings. The minimum absolute atomic E-state index is 0.0569. The Bertz CT molecular complexity index is 690. The molecule has 0 heterocycles. The summed E-state index contributed by atoms with van der Waals surface area (Å²) < 4.78 is 23.5. The van der Waals surface area contributed by atoms with E-state index in [-0.39, 0.29) is 31.0 Å². The summed E-state index contributed by atoms with van der Waals surface area (Å²) in [6, 6.07) is 8.69. The van der Waals surface area contributed by atoms with Crippen LogP contribution in [-0.4, -0.2) is 43.5 Å². The second-order valence-corrected chi connectivity index (χ2v) is 7.04. The summed E-state index contributed by atoms with van der Waals surface area (Å²) in [7, 11) is -3.61. The summed E-state index contributed by atoms with van der Waals surface area (Å²) in [5.74, 6) is -3.01. The number of nitrogens with one attached hydrogen (secondary N) is 3. The fourth-order valence-electron chi connectivity index (χ4n) is 1.80. The van der Waals surface area contributed by atoms with Crippen LogP contribution in [0.5, 0.6) is 0 Å². The van der Waals surface area contributed by atoms with Crippen molar-refractivity contribution < 1.29 is 27.9 Å². The molecule has 0 unspecified atom stereocenters. The molecule has 138 valence electrons. The van der Waals surface area contributed by atoms with Crippen molar-refractivity contribution in [2.75, 3.05) is 17.7 Å². The molecule has 0 saturated carbocycles. The van der Waals surface area contributed by atoms with Gasteiger partial charge in [-0.05, 0) is 25.0 Å². The molecule has 0 aliphatic carbocycles. The monoisotopic (exact) mass is 371 g/mol. The lowest BCUT2D eigenvalue weighted by molar-refractivity contribution is -0.149. The number of hydrazine groups is 1. The third-order valence-corrected chi connectivity index (χ3v) is 4.27. The van der Waals surface area contributed by atoms with Crippen LogP contribution < -0.4 is 15.6 Å². The molecule has 1 aromatic carbocycles. The van der Waals surface area contributed by atoms with Crippen LogP contribution in [0.1, 0.15) is 25.7 Å². The lowest BCUT2D eigenvalue weighted by Gasteiger charge is -2.10. The molecular formula is C15H21N3O6S. The first-order chi connectivity index (χ1) is 11.8. The number of hydrogen-bond acceptors (Lipinski definition) is 6. The molecule has 0 atom stereocenters. The number of carboxylic acids is 1. The molecular weight excluding hydrogens is 350 g/mol. The summed E-state index contributed by atoms with van der Waals surface area (Å²) in [6.07, 6.45) is 0.625. The topological polar surface area (TPSA) is 142 Å². The Morgan fingerprint density at radius 2 is 1.64 bits per heavy atom. The smallest absolute Gasteiger partial charge is 0.372 e. The van der Waals surface area contributed by atoms with E-state index < -0.39 is 21.8 Å². The van der Waals surface area contributed by atoms with E-state index in [9.17, 15) is 22.8 Å². The minimum atomic E-state index is -3.61. The number of carboxylic acid groups (broad SMARTS) is 1. The molecule has 0 spiro atoms. The highest BCUT2D eigenvalue weighted by atomic mass is 32.2. The third kappa shape index (κ3) is 9.42. The number of carbonyl (C=O) groups excluding carboxylic acids is 2. The maximum absolute atomic E-state index is 11.8. The molecule has 1 rings (SSSR count). The van der Waals surface area contributed by atoms with E-state index in [1.54, 1.807) is 30.3 Å². The van der Waals surface area contributed by atoms with Gasteiger partial charge in [-0.3, -0.25) is 9.59 Å². The van der Waals surface area contributed by atoms with Gasteiger partial charge in [-0.1, -0.05) is 18.2 Å². The van der Waals surface area contributed by atoms with E-state index in [0.29, 0.717) is 18.5 Å². The van der Waals surface area contributed by atoms with E-state index in [2.05, 4.69) is 15.6 Å². The van der Waals surface area contributed by atoms with Crippen molar-refractivity contribution in [3.05, 3.63) is 30.3 Å². The predicted molar refractivity (Wildman–Crippen MR) is 91.1 cm³/mol. The molecule has 9 nitrogen and oxygen atoms in total. The first kappa shape index (κ1) is 20.6. The minimum Gasteiger partial charge on any atom is -0.476 e. The first-order valence-corrected chi connectivity index (χ1v) is 9.29. The number of hydrogen-bond donors (Lipinski definition) is 4. The van der Waals surface area contributed by atoms with Gasteiger partial charge < -0.3 is 15.8 Å². The van der Waals surface area contributed by atoms with Gasteiger partial charge in [0.1, 0.15) is 0 Å². The fraction of sp³-hybridized carbons (Fsp3) is 0.400. The number of aliphatic carboxylic acids is 1. The maximum Gasteiger partial charge on any atom is 0.372 e. The van der Waals surface area contributed by atoms with Crippen molar-refractivity contribution in [2.24, 2.45) is 0 Å². The fourth-order valence-corrected chi connectivity index (χ4v) is 2.55. The number of ketones is 1. The van der Waals surface area contributed by atoms with Crippen LogP contribution in [0.4, 0.5) is 5.69 Å². The van der Waals surface area contributed by atoms with Gasteiger partial charge in [-0.2, -0.15) is 0 Å². The summed E-state index contributed by atoms with van der Waals surface area (Å²) >= 11 is 0. The zero-order chi connectivity index (χ0) is 18.7. The summed E-state index contributed by atoms with van der Waals surface area (Å²) in [4.78, 5) is 34.9. The van der Waals surface area contributed by atoms with E-state index in [1.165, 1.54) is 0 Å². The number of unbranched alkanes of at least 4 members (excludes halogenated alkanes) is 1. The van der Waals surface area contributed by atoms with Gasteiger partial charge in [0.15, 0.2) is 0 Å². The average Bonchev–Trinajstić information content (AvgIpc) is 2.57. The van der Waals surface area contributed by atoms with Crippen molar-refractivity contribution in [3.8, 4) is 0 Å². The van der Waals surface area contributed by atoms with Gasteiger partial charge in [-0.15, -0.1) is 4.83 Å². The largest absolute Gasteiger partial charge is 0.476 e. The van der Waals surface area contributed by atoms with E-state index >= 15 is 0 Å². The van der Waals surface area contributed by atoms with Gasteiger partial charge in [0, 0.05) is 25.1 Å².